The van der Waals surface area contributed by atoms with E-state index in [2.05, 4.69) is 10.3 Å². The number of amides is 1. The number of fused-ring (bicyclic) bond motifs is 1. The molecule has 0 spiro atoms. The molecule has 0 bridgehead atoms. The summed E-state index contributed by atoms with van der Waals surface area (Å²) in [6.07, 6.45) is 5.58. The molecule has 1 aliphatic rings. The van der Waals surface area contributed by atoms with Gasteiger partial charge in [0.2, 0.25) is 0 Å². The van der Waals surface area contributed by atoms with Crippen molar-refractivity contribution in [3.05, 3.63) is 41.0 Å². The van der Waals surface area contributed by atoms with Crippen LogP contribution in [0.15, 0.2) is 30.5 Å². The Balaban J connectivity index is 1.74. The Kier molecular flexibility index (Phi) is 4.60. The van der Waals surface area contributed by atoms with E-state index in [0.29, 0.717) is 22.0 Å². The topological polar surface area (TPSA) is 62.2 Å². The maximum atomic E-state index is 12.4. The molecule has 1 aromatic carbocycles. The minimum atomic E-state index is -0.482. The molecular weight excluding hydrogens is 300 g/mol. The fraction of sp³-hybridized carbons (Fsp3) is 0.412. The number of aliphatic hydroxyl groups excluding tert-OH is 1. The summed E-state index contributed by atoms with van der Waals surface area (Å²) in [6, 6.07) is 7.09. The Morgan fingerprint density at radius 2 is 2.18 bits per heavy atom. The fourth-order valence-electron chi connectivity index (χ4n) is 3.13. The first-order valence-electron chi connectivity index (χ1n) is 7.65. The molecule has 4 nitrogen and oxygen atoms in total. The summed E-state index contributed by atoms with van der Waals surface area (Å²) in [5.41, 5.74) is 1.07. The average Bonchev–Trinajstić information content (AvgIpc) is 3.06. The molecule has 2 aromatic rings. The van der Waals surface area contributed by atoms with Gasteiger partial charge >= 0.3 is 0 Å². The highest BCUT2D eigenvalue weighted by atomic mass is 35.5. The lowest BCUT2D eigenvalue weighted by Gasteiger charge is -2.18. The fourth-order valence-corrected chi connectivity index (χ4v) is 3.36. The van der Waals surface area contributed by atoms with Crippen molar-refractivity contribution in [3.63, 3.8) is 0 Å². The van der Waals surface area contributed by atoms with Crippen molar-refractivity contribution < 1.29 is 9.90 Å². The van der Waals surface area contributed by atoms with Crippen molar-refractivity contribution in [3.8, 4) is 0 Å². The molecule has 116 valence electrons. The third kappa shape index (κ3) is 3.23. The molecule has 1 aliphatic carbocycles. The van der Waals surface area contributed by atoms with Gasteiger partial charge in [0, 0.05) is 23.2 Å². The van der Waals surface area contributed by atoms with E-state index in [1.807, 2.05) is 12.1 Å². The molecule has 5 heteroatoms. The zero-order valence-corrected chi connectivity index (χ0v) is 13.0. The Hall–Kier alpha value is -1.65. The van der Waals surface area contributed by atoms with Gasteiger partial charge in [0.05, 0.1) is 17.2 Å². The van der Waals surface area contributed by atoms with Crippen molar-refractivity contribution >= 4 is 28.4 Å². The molecule has 1 unspecified atom stereocenters. The minimum Gasteiger partial charge on any atom is -0.391 e. The zero-order valence-electron chi connectivity index (χ0n) is 12.3. The second kappa shape index (κ2) is 6.63. The maximum absolute atomic E-state index is 12.4. The van der Waals surface area contributed by atoms with E-state index in [1.54, 1.807) is 18.3 Å². The first kappa shape index (κ1) is 15.3. The lowest BCUT2D eigenvalue weighted by atomic mass is 10.0. The van der Waals surface area contributed by atoms with Crippen LogP contribution in [-0.2, 0) is 0 Å². The Labute approximate surface area is 134 Å². The van der Waals surface area contributed by atoms with Gasteiger partial charge in [-0.25, -0.2) is 0 Å². The zero-order chi connectivity index (χ0) is 15.5. The molecule has 3 rings (SSSR count). The number of hydrogen-bond donors (Lipinski definition) is 2. The van der Waals surface area contributed by atoms with Crippen LogP contribution in [0.3, 0.4) is 0 Å². The number of hydrogen-bond acceptors (Lipinski definition) is 3. The maximum Gasteiger partial charge on any atom is 0.253 e. The number of carbonyl (C=O) groups excluding carboxylic acids is 1. The Bertz CT molecular complexity index is 683. The summed E-state index contributed by atoms with van der Waals surface area (Å²) in [7, 11) is 0. The quantitative estimate of drug-likeness (QED) is 0.910. The van der Waals surface area contributed by atoms with Gasteiger partial charge in [-0.05, 0) is 37.0 Å². The summed E-state index contributed by atoms with van der Waals surface area (Å²) in [4.78, 5) is 16.7. The van der Waals surface area contributed by atoms with Gasteiger partial charge in [-0.2, -0.15) is 0 Å². The summed E-state index contributed by atoms with van der Waals surface area (Å²) < 4.78 is 0. The van der Waals surface area contributed by atoms with Gasteiger partial charge in [-0.1, -0.05) is 30.5 Å². The number of nitrogens with zero attached hydrogens (tertiary/aromatic N) is 1. The van der Waals surface area contributed by atoms with E-state index in [4.69, 9.17) is 11.6 Å². The van der Waals surface area contributed by atoms with Gasteiger partial charge in [0.25, 0.3) is 5.91 Å². The number of pyridine rings is 1. The highest BCUT2D eigenvalue weighted by Gasteiger charge is 2.23. The third-order valence-electron chi connectivity index (χ3n) is 4.33. The van der Waals surface area contributed by atoms with Crippen molar-refractivity contribution in [2.45, 2.75) is 31.8 Å². The van der Waals surface area contributed by atoms with Crippen molar-refractivity contribution in [1.82, 2.24) is 10.3 Å². The first-order chi connectivity index (χ1) is 10.6. The average molecular weight is 319 g/mol. The van der Waals surface area contributed by atoms with Crippen molar-refractivity contribution in [2.24, 2.45) is 5.92 Å². The van der Waals surface area contributed by atoms with Gasteiger partial charge in [-0.3, -0.25) is 9.78 Å². The normalized spacial score (nSPS) is 16.8. The first-order valence-corrected chi connectivity index (χ1v) is 8.03. The van der Waals surface area contributed by atoms with Crippen LogP contribution < -0.4 is 5.32 Å². The van der Waals surface area contributed by atoms with Crippen molar-refractivity contribution in [2.75, 3.05) is 6.54 Å². The van der Waals surface area contributed by atoms with E-state index >= 15 is 0 Å². The molecule has 0 saturated heterocycles. The third-order valence-corrected chi connectivity index (χ3v) is 4.55. The number of halogens is 1. The molecule has 2 N–H and O–H groups in total. The van der Waals surface area contributed by atoms with Crippen LogP contribution in [0.2, 0.25) is 5.02 Å². The van der Waals surface area contributed by atoms with Crippen LogP contribution in [-0.4, -0.2) is 28.6 Å². The van der Waals surface area contributed by atoms with Crippen LogP contribution >= 0.6 is 11.6 Å². The monoisotopic (exact) mass is 318 g/mol. The van der Waals surface area contributed by atoms with Gasteiger partial charge < -0.3 is 10.4 Å². The summed E-state index contributed by atoms with van der Waals surface area (Å²) in [5.74, 6) is 0.0535. The molecule has 1 amide bonds. The van der Waals surface area contributed by atoms with E-state index < -0.39 is 6.10 Å². The molecule has 22 heavy (non-hydrogen) atoms. The number of aromatic nitrogens is 1. The predicted molar refractivity (Wildman–Crippen MR) is 87.1 cm³/mol. The lowest BCUT2D eigenvalue weighted by Crippen LogP contribution is -2.35. The lowest BCUT2D eigenvalue weighted by molar-refractivity contribution is 0.0842. The SMILES string of the molecule is O=C(NCC(O)C1CCCC1)c1cc(Cl)cc2cccnc12. The molecule has 0 aliphatic heterocycles. The number of benzene rings is 1. The van der Waals surface area contributed by atoms with E-state index in [0.717, 1.165) is 18.2 Å². The van der Waals surface area contributed by atoms with Crippen LogP contribution in [0.4, 0.5) is 0 Å². The van der Waals surface area contributed by atoms with E-state index in [9.17, 15) is 9.90 Å². The number of rotatable bonds is 4. The summed E-state index contributed by atoms with van der Waals surface area (Å²) >= 11 is 6.08. The Morgan fingerprint density at radius 3 is 2.95 bits per heavy atom. The van der Waals surface area contributed by atoms with Gasteiger partial charge in [0.1, 0.15) is 0 Å². The van der Waals surface area contributed by atoms with Crippen molar-refractivity contribution in [1.29, 1.82) is 0 Å². The summed E-state index contributed by atoms with van der Waals surface area (Å²) in [6.45, 7) is 0.268. The highest BCUT2D eigenvalue weighted by Crippen LogP contribution is 2.27. The molecule has 1 fully saturated rings. The molecule has 1 aromatic heterocycles. The number of carbonyl (C=O) groups is 1. The molecule has 1 saturated carbocycles. The predicted octanol–water partition coefficient (Wildman–Crippen LogP) is 3.17. The minimum absolute atomic E-state index is 0.247. The highest BCUT2D eigenvalue weighted by molar-refractivity contribution is 6.32. The van der Waals surface area contributed by atoms with Gasteiger partial charge in [-0.15, -0.1) is 0 Å². The molecule has 0 radical (unpaired) electrons. The molecule has 1 atom stereocenters. The summed E-state index contributed by atoms with van der Waals surface area (Å²) in [5, 5.41) is 14.3. The van der Waals surface area contributed by atoms with Gasteiger partial charge in [0.15, 0.2) is 0 Å². The van der Waals surface area contributed by atoms with Crippen LogP contribution in [0, 0.1) is 5.92 Å². The van der Waals surface area contributed by atoms with E-state index in [-0.39, 0.29) is 12.5 Å². The van der Waals surface area contributed by atoms with Crippen LogP contribution in [0.25, 0.3) is 10.9 Å². The second-order valence-corrected chi connectivity index (χ2v) is 6.29. The molecular formula is C17H19ClN2O2. The van der Waals surface area contributed by atoms with Crippen LogP contribution in [0.5, 0.6) is 0 Å². The number of aliphatic hydroxyl groups is 1. The number of nitrogens with one attached hydrogen (secondary N) is 1. The standard InChI is InChI=1S/C17H19ClN2O2/c18-13-8-12-6-3-7-19-16(12)14(9-13)17(22)20-10-15(21)11-4-1-2-5-11/h3,6-9,11,15,21H,1-2,4-5,10H2,(H,20,22). The second-order valence-electron chi connectivity index (χ2n) is 5.85. The largest absolute Gasteiger partial charge is 0.391 e. The van der Waals surface area contributed by atoms with E-state index in [1.165, 1.54) is 12.8 Å². The van der Waals surface area contributed by atoms with Crippen LogP contribution in [0.1, 0.15) is 36.0 Å². The Morgan fingerprint density at radius 1 is 1.41 bits per heavy atom. The molecule has 1 heterocycles. The smallest absolute Gasteiger partial charge is 0.253 e.